The van der Waals surface area contributed by atoms with Crippen LogP contribution in [0.5, 0.6) is 0 Å². The fourth-order valence-corrected chi connectivity index (χ4v) is 4.16. The average Bonchev–Trinajstić information content (AvgIpc) is 3.23. The second kappa shape index (κ2) is 9.61. The highest BCUT2D eigenvalue weighted by atomic mass is 19.1. The number of hydrogen-bond acceptors (Lipinski definition) is 1. The average molecular weight is 415 g/mol. The molecule has 3 nitrogen and oxygen atoms in total. The summed E-state index contributed by atoms with van der Waals surface area (Å²) < 4.78 is 13.1. The number of hydrogen-bond donors (Lipinski definition) is 2. The molecular formula is C27H27FN2O. The molecule has 0 aliphatic rings. The van der Waals surface area contributed by atoms with Gasteiger partial charge >= 0.3 is 0 Å². The van der Waals surface area contributed by atoms with E-state index in [4.69, 9.17) is 0 Å². The number of aromatic amines is 1. The second-order valence-electron chi connectivity index (χ2n) is 7.93. The van der Waals surface area contributed by atoms with Crippen molar-refractivity contribution in [3.63, 3.8) is 0 Å². The summed E-state index contributed by atoms with van der Waals surface area (Å²) in [6, 6.07) is 22.9. The molecule has 1 heterocycles. The molecule has 0 bridgehead atoms. The molecule has 2 N–H and O–H groups in total. The molecule has 0 aliphatic carbocycles. The van der Waals surface area contributed by atoms with Crippen LogP contribution in [0.15, 0.2) is 79.0 Å². The molecule has 0 fully saturated rings. The van der Waals surface area contributed by atoms with Gasteiger partial charge in [0.05, 0.1) is 0 Å². The van der Waals surface area contributed by atoms with Gasteiger partial charge in [0.1, 0.15) is 5.82 Å². The van der Waals surface area contributed by atoms with Gasteiger partial charge in [-0.05, 0) is 53.1 Å². The number of carbonyl (C=O) groups excluding carboxylic acids is 1. The smallest absolute Gasteiger partial charge is 0.220 e. The third-order valence-electron chi connectivity index (χ3n) is 5.81. The van der Waals surface area contributed by atoms with Gasteiger partial charge in [-0.15, -0.1) is 0 Å². The number of aryl methyl sites for hydroxylation is 1. The number of nitrogens with one attached hydrogen (secondary N) is 2. The maximum Gasteiger partial charge on any atom is 0.220 e. The summed E-state index contributed by atoms with van der Waals surface area (Å²) in [6.45, 7) is 2.55. The molecule has 31 heavy (non-hydrogen) atoms. The summed E-state index contributed by atoms with van der Waals surface area (Å²) >= 11 is 0. The molecule has 4 aromatic rings. The number of aromatic nitrogens is 1. The number of para-hydroxylation sites is 1. The van der Waals surface area contributed by atoms with E-state index in [0.29, 0.717) is 13.0 Å². The van der Waals surface area contributed by atoms with Crippen LogP contribution >= 0.6 is 0 Å². The molecular weight excluding hydrogens is 387 g/mol. The first-order valence-electron chi connectivity index (χ1n) is 10.8. The van der Waals surface area contributed by atoms with Crippen molar-refractivity contribution in [3.8, 4) is 0 Å². The first-order chi connectivity index (χ1) is 15.1. The Bertz CT molecular complexity index is 1150. The summed E-state index contributed by atoms with van der Waals surface area (Å²) in [5.74, 6) is -0.230. The summed E-state index contributed by atoms with van der Waals surface area (Å²) in [6.07, 6.45) is 4.19. The molecule has 1 atom stereocenters. The van der Waals surface area contributed by atoms with Crippen LogP contribution in [0.4, 0.5) is 4.39 Å². The van der Waals surface area contributed by atoms with Crippen LogP contribution in [-0.4, -0.2) is 10.9 Å². The third-order valence-corrected chi connectivity index (χ3v) is 5.81. The lowest BCUT2D eigenvalue weighted by molar-refractivity contribution is -0.121. The molecule has 0 radical (unpaired) electrons. The number of amides is 1. The van der Waals surface area contributed by atoms with Gasteiger partial charge < -0.3 is 10.3 Å². The highest BCUT2D eigenvalue weighted by Crippen LogP contribution is 2.32. The Morgan fingerprint density at radius 3 is 2.48 bits per heavy atom. The Morgan fingerprint density at radius 1 is 0.968 bits per heavy atom. The lowest BCUT2D eigenvalue weighted by atomic mass is 9.88. The van der Waals surface area contributed by atoms with Crippen LogP contribution in [0.1, 0.15) is 41.5 Å². The van der Waals surface area contributed by atoms with E-state index in [9.17, 15) is 9.18 Å². The lowest BCUT2D eigenvalue weighted by Gasteiger charge is -2.17. The first kappa shape index (κ1) is 20.9. The van der Waals surface area contributed by atoms with Gasteiger partial charge in [0, 0.05) is 30.1 Å². The van der Waals surface area contributed by atoms with E-state index >= 15 is 0 Å². The Balaban J connectivity index is 1.56. The van der Waals surface area contributed by atoms with Crippen molar-refractivity contribution in [1.29, 1.82) is 0 Å². The Morgan fingerprint density at radius 2 is 1.74 bits per heavy atom. The molecule has 3 aromatic carbocycles. The van der Waals surface area contributed by atoms with Gasteiger partial charge in [0.2, 0.25) is 5.91 Å². The summed E-state index contributed by atoms with van der Waals surface area (Å²) in [4.78, 5) is 16.3. The van der Waals surface area contributed by atoms with Crippen molar-refractivity contribution in [2.24, 2.45) is 0 Å². The Labute approximate surface area is 182 Å². The number of fused-ring (bicyclic) bond motifs is 1. The predicted octanol–water partition coefficient (Wildman–Crippen LogP) is 5.90. The van der Waals surface area contributed by atoms with Crippen molar-refractivity contribution >= 4 is 16.8 Å². The van der Waals surface area contributed by atoms with Crippen molar-refractivity contribution < 1.29 is 9.18 Å². The van der Waals surface area contributed by atoms with Gasteiger partial charge in [0.15, 0.2) is 0 Å². The number of carbonyl (C=O) groups is 1. The van der Waals surface area contributed by atoms with E-state index in [1.807, 2.05) is 18.2 Å². The third kappa shape index (κ3) is 5.02. The van der Waals surface area contributed by atoms with Gasteiger partial charge in [-0.1, -0.05) is 67.6 Å². The van der Waals surface area contributed by atoms with Crippen LogP contribution in [0.2, 0.25) is 0 Å². The molecule has 158 valence electrons. The summed E-state index contributed by atoms with van der Waals surface area (Å²) in [5.41, 5.74) is 5.70. The van der Waals surface area contributed by atoms with Crippen molar-refractivity contribution in [3.05, 3.63) is 107 Å². The number of H-pyrrole nitrogens is 1. The Hall–Kier alpha value is -3.40. The SMILES string of the molecule is CCc1cccc2c(C(CC(=O)NCc3ccc(F)cc3)Cc3ccccc3)c[nH]c12. The molecule has 1 unspecified atom stereocenters. The summed E-state index contributed by atoms with van der Waals surface area (Å²) in [5, 5.41) is 4.18. The molecule has 0 saturated heterocycles. The van der Waals surface area contributed by atoms with Gasteiger partial charge in [-0.25, -0.2) is 4.39 Å². The first-order valence-corrected chi connectivity index (χ1v) is 10.8. The molecule has 0 saturated carbocycles. The van der Waals surface area contributed by atoms with E-state index in [1.165, 1.54) is 34.2 Å². The van der Waals surface area contributed by atoms with Crippen LogP contribution in [0, 0.1) is 5.82 Å². The molecule has 0 spiro atoms. The molecule has 0 aliphatic heterocycles. The van der Waals surface area contributed by atoms with E-state index in [0.717, 1.165) is 23.9 Å². The standard InChI is InChI=1S/C27H27FN2O/c1-2-21-9-6-10-24-25(18-30-27(21)24)22(15-19-7-4-3-5-8-19)16-26(31)29-17-20-11-13-23(28)14-12-20/h3-14,18,22,30H,2,15-17H2,1H3,(H,29,31). The fourth-order valence-electron chi connectivity index (χ4n) is 4.16. The normalized spacial score (nSPS) is 12.1. The van der Waals surface area contributed by atoms with Gasteiger partial charge in [-0.2, -0.15) is 0 Å². The summed E-state index contributed by atoms with van der Waals surface area (Å²) in [7, 11) is 0. The highest BCUT2D eigenvalue weighted by Gasteiger charge is 2.20. The monoisotopic (exact) mass is 414 g/mol. The minimum Gasteiger partial charge on any atom is -0.361 e. The molecule has 1 amide bonds. The van der Waals surface area contributed by atoms with E-state index < -0.39 is 0 Å². The second-order valence-corrected chi connectivity index (χ2v) is 7.93. The molecule has 4 rings (SSSR count). The van der Waals surface area contributed by atoms with Crippen LogP contribution in [-0.2, 0) is 24.2 Å². The van der Waals surface area contributed by atoms with Crippen LogP contribution < -0.4 is 5.32 Å². The minimum absolute atomic E-state index is 0.00810. The van der Waals surface area contributed by atoms with Crippen molar-refractivity contribution in [2.45, 2.75) is 38.6 Å². The molecule has 4 heteroatoms. The maximum atomic E-state index is 13.1. The Kier molecular flexibility index (Phi) is 6.46. The number of rotatable bonds is 8. The van der Waals surface area contributed by atoms with Gasteiger partial charge in [0.25, 0.3) is 0 Å². The predicted molar refractivity (Wildman–Crippen MR) is 123 cm³/mol. The highest BCUT2D eigenvalue weighted by molar-refractivity contribution is 5.87. The zero-order chi connectivity index (χ0) is 21.6. The van der Waals surface area contributed by atoms with Crippen LogP contribution in [0.3, 0.4) is 0 Å². The minimum atomic E-state index is -0.274. The van der Waals surface area contributed by atoms with E-state index in [-0.39, 0.29) is 17.6 Å². The fraction of sp³-hybridized carbons (Fsp3) is 0.222. The molecule has 1 aromatic heterocycles. The van der Waals surface area contributed by atoms with Crippen molar-refractivity contribution in [2.75, 3.05) is 0 Å². The van der Waals surface area contributed by atoms with E-state index in [1.54, 1.807) is 12.1 Å². The van der Waals surface area contributed by atoms with Gasteiger partial charge in [-0.3, -0.25) is 4.79 Å². The maximum absolute atomic E-state index is 13.1. The largest absolute Gasteiger partial charge is 0.361 e. The number of halogens is 1. The zero-order valence-corrected chi connectivity index (χ0v) is 17.7. The quantitative estimate of drug-likeness (QED) is 0.370. The number of benzene rings is 3. The zero-order valence-electron chi connectivity index (χ0n) is 17.7. The lowest BCUT2D eigenvalue weighted by Crippen LogP contribution is -2.25. The van der Waals surface area contributed by atoms with E-state index in [2.05, 4.69) is 53.8 Å². The van der Waals surface area contributed by atoms with Crippen molar-refractivity contribution in [1.82, 2.24) is 10.3 Å². The van der Waals surface area contributed by atoms with Crippen LogP contribution in [0.25, 0.3) is 10.9 Å². The topological polar surface area (TPSA) is 44.9 Å².